The summed E-state index contributed by atoms with van der Waals surface area (Å²) < 4.78 is 23.3. The van der Waals surface area contributed by atoms with Gasteiger partial charge in [-0.1, -0.05) is 54.6 Å². The van der Waals surface area contributed by atoms with Gasteiger partial charge in [0.1, 0.15) is 46.1 Å². The molecule has 0 bridgehead atoms. The van der Waals surface area contributed by atoms with Gasteiger partial charge in [-0.05, 0) is 96.8 Å². The Balaban J connectivity index is 1.07. The number of benzene rings is 5. The van der Waals surface area contributed by atoms with Crippen LogP contribution < -0.4 is 18.9 Å². The summed E-state index contributed by atoms with van der Waals surface area (Å²) in [6, 6.07) is 39.6. The molecule has 0 saturated heterocycles. The van der Waals surface area contributed by atoms with Crippen LogP contribution >= 0.6 is 0 Å². The molecule has 0 radical (unpaired) electrons. The number of rotatable bonds is 9. The third kappa shape index (κ3) is 6.97. The molecule has 6 aromatic rings. The molecular weight excluding hydrogens is 538 g/mol. The van der Waals surface area contributed by atoms with Crippen LogP contribution in [0.5, 0.6) is 40.5 Å². The van der Waals surface area contributed by atoms with Gasteiger partial charge in [0, 0.05) is 6.07 Å². The van der Waals surface area contributed by atoms with E-state index in [0.29, 0.717) is 28.9 Å². The first-order valence-electron chi connectivity index (χ1n) is 13.8. The lowest BCUT2D eigenvalue weighted by Gasteiger charge is -2.11. The Bertz CT molecular complexity index is 1800. The van der Waals surface area contributed by atoms with Gasteiger partial charge in [-0.3, -0.25) is 0 Å². The lowest BCUT2D eigenvalue weighted by molar-refractivity contribution is 0.415. The van der Waals surface area contributed by atoms with E-state index >= 15 is 0 Å². The molecule has 0 spiro atoms. The number of methoxy groups -OCH3 is 1. The van der Waals surface area contributed by atoms with Crippen LogP contribution in [0.3, 0.4) is 0 Å². The molecule has 1 aromatic heterocycles. The highest BCUT2D eigenvalue weighted by molar-refractivity contribution is 5.66. The highest BCUT2D eigenvalue weighted by Gasteiger charge is 2.07. The van der Waals surface area contributed by atoms with E-state index in [1.807, 2.05) is 135 Å². The van der Waals surface area contributed by atoms with E-state index in [2.05, 4.69) is 15.0 Å². The molecule has 0 unspecified atom stereocenters. The first-order chi connectivity index (χ1) is 21.0. The molecule has 6 rings (SSSR count). The van der Waals surface area contributed by atoms with Crippen molar-refractivity contribution in [1.29, 1.82) is 0 Å². The first-order valence-corrected chi connectivity index (χ1v) is 13.8. The molecule has 5 aromatic carbocycles. The number of aromatic nitrogens is 3. The number of nitrogens with zero attached hydrogens (tertiary/aromatic N) is 3. The van der Waals surface area contributed by atoms with Crippen LogP contribution in [-0.2, 0) is 0 Å². The van der Waals surface area contributed by atoms with Crippen LogP contribution in [0.4, 0.5) is 0 Å². The van der Waals surface area contributed by atoms with Crippen LogP contribution in [0.15, 0.2) is 121 Å². The molecule has 0 N–H and O–H groups in total. The number of hydrogen-bond donors (Lipinski definition) is 0. The second-order valence-electron chi connectivity index (χ2n) is 9.80. The normalized spacial score (nSPS) is 10.7. The van der Waals surface area contributed by atoms with Crippen molar-refractivity contribution in [2.75, 3.05) is 7.11 Å². The maximum absolute atomic E-state index is 6.12. The predicted octanol–water partition coefficient (Wildman–Crippen LogP) is 9.21. The van der Waals surface area contributed by atoms with E-state index in [4.69, 9.17) is 18.9 Å². The monoisotopic (exact) mass is 567 g/mol. The number of aryl methyl sites for hydroxylation is 2. The van der Waals surface area contributed by atoms with Crippen molar-refractivity contribution in [2.24, 2.45) is 0 Å². The third-order valence-electron chi connectivity index (χ3n) is 6.64. The lowest BCUT2D eigenvalue weighted by atomic mass is 10.1. The molecule has 7 heteroatoms. The molecule has 0 aliphatic carbocycles. The summed E-state index contributed by atoms with van der Waals surface area (Å²) in [5.41, 5.74) is 4.32. The quantitative estimate of drug-likeness (QED) is 0.172. The average Bonchev–Trinajstić information content (AvgIpc) is 3.02. The van der Waals surface area contributed by atoms with Gasteiger partial charge >= 0.3 is 6.01 Å². The largest absolute Gasteiger partial charge is 0.497 e. The Morgan fingerprint density at radius 3 is 1.16 bits per heavy atom. The summed E-state index contributed by atoms with van der Waals surface area (Å²) >= 11 is 0. The highest BCUT2D eigenvalue weighted by Crippen LogP contribution is 2.32. The molecule has 7 nitrogen and oxygen atoms in total. The second-order valence-corrected chi connectivity index (χ2v) is 9.80. The van der Waals surface area contributed by atoms with Crippen LogP contribution in [0.1, 0.15) is 11.6 Å². The Hall–Kier alpha value is -5.69. The Labute approximate surface area is 250 Å². The van der Waals surface area contributed by atoms with Gasteiger partial charge < -0.3 is 18.9 Å². The van der Waals surface area contributed by atoms with Gasteiger partial charge in [0.15, 0.2) is 0 Å². The summed E-state index contributed by atoms with van der Waals surface area (Å²) in [6.07, 6.45) is 0. The Morgan fingerprint density at radius 2 is 0.767 bits per heavy atom. The fraction of sp³-hybridized carbons (Fsp3) is 0.0833. The predicted molar refractivity (Wildman–Crippen MR) is 166 cm³/mol. The molecule has 0 fully saturated rings. The van der Waals surface area contributed by atoms with Gasteiger partial charge in [0.25, 0.3) is 0 Å². The fourth-order valence-corrected chi connectivity index (χ4v) is 4.54. The van der Waals surface area contributed by atoms with Crippen LogP contribution in [-0.4, -0.2) is 22.1 Å². The van der Waals surface area contributed by atoms with E-state index < -0.39 is 0 Å². The van der Waals surface area contributed by atoms with Gasteiger partial charge in [-0.2, -0.15) is 9.97 Å². The number of ether oxygens (including phenoxy) is 4. The van der Waals surface area contributed by atoms with Crippen LogP contribution in [0.25, 0.3) is 22.3 Å². The van der Waals surface area contributed by atoms with Gasteiger partial charge in [0.05, 0.1) is 7.11 Å². The molecule has 0 atom stereocenters. The molecule has 0 saturated carbocycles. The zero-order valence-corrected chi connectivity index (χ0v) is 24.0. The van der Waals surface area contributed by atoms with E-state index in [-0.39, 0.29) is 6.01 Å². The van der Waals surface area contributed by atoms with Crippen molar-refractivity contribution in [3.05, 3.63) is 133 Å². The van der Waals surface area contributed by atoms with Crippen molar-refractivity contribution in [1.82, 2.24) is 15.0 Å². The molecule has 0 amide bonds. The first kappa shape index (κ1) is 27.5. The zero-order valence-electron chi connectivity index (χ0n) is 24.0. The summed E-state index contributed by atoms with van der Waals surface area (Å²) in [5, 5.41) is 0. The summed E-state index contributed by atoms with van der Waals surface area (Å²) in [6.45, 7) is 3.62. The maximum atomic E-state index is 6.12. The Kier molecular flexibility index (Phi) is 7.95. The molecular formula is C36H29N3O4. The van der Waals surface area contributed by atoms with Gasteiger partial charge in [-0.25, -0.2) is 4.98 Å². The molecule has 0 aliphatic rings. The molecule has 1 heterocycles. The SMILES string of the molecule is COc1ccc(-c2ccc(Oc3cccc(Oc4ccc(-c5ccc(Oc6nc(C)nc(C)n6)cc5)cc4)c3)cc2)cc1. The minimum Gasteiger partial charge on any atom is -0.497 e. The minimum absolute atomic E-state index is 0.288. The number of hydrogen-bond acceptors (Lipinski definition) is 7. The lowest BCUT2D eigenvalue weighted by Crippen LogP contribution is -1.99. The van der Waals surface area contributed by atoms with E-state index in [1.54, 1.807) is 7.11 Å². The van der Waals surface area contributed by atoms with E-state index in [1.165, 1.54) is 0 Å². The smallest absolute Gasteiger partial charge is 0.325 e. The molecule has 43 heavy (non-hydrogen) atoms. The summed E-state index contributed by atoms with van der Waals surface area (Å²) in [7, 11) is 1.66. The maximum Gasteiger partial charge on any atom is 0.325 e. The van der Waals surface area contributed by atoms with Crippen molar-refractivity contribution in [3.8, 4) is 62.8 Å². The summed E-state index contributed by atoms with van der Waals surface area (Å²) in [4.78, 5) is 12.6. The molecule has 212 valence electrons. The summed E-state index contributed by atoms with van der Waals surface area (Å²) in [5.74, 6) is 5.58. The van der Waals surface area contributed by atoms with Crippen molar-refractivity contribution in [3.63, 3.8) is 0 Å². The standard InChI is InChI=1S/C36H29N3O4/c1-24-37-25(2)39-36(38-24)43-33-21-13-29(14-22-33)28-11-19-32(20-12-28)42-35-6-4-5-34(23-35)41-31-17-9-27(10-18-31)26-7-15-30(40-3)16-8-26/h4-23H,1-3H3. The van der Waals surface area contributed by atoms with E-state index in [0.717, 1.165) is 39.5 Å². The second kappa shape index (κ2) is 12.4. The van der Waals surface area contributed by atoms with Crippen LogP contribution in [0, 0.1) is 13.8 Å². The zero-order chi connectivity index (χ0) is 29.6. The fourth-order valence-electron chi connectivity index (χ4n) is 4.54. The van der Waals surface area contributed by atoms with Crippen molar-refractivity contribution >= 4 is 0 Å². The van der Waals surface area contributed by atoms with Gasteiger partial charge in [-0.15, -0.1) is 0 Å². The van der Waals surface area contributed by atoms with Crippen LogP contribution in [0.2, 0.25) is 0 Å². The topological polar surface area (TPSA) is 75.6 Å². The van der Waals surface area contributed by atoms with E-state index in [9.17, 15) is 0 Å². The highest BCUT2D eigenvalue weighted by atomic mass is 16.5. The van der Waals surface area contributed by atoms with Crippen molar-refractivity contribution in [2.45, 2.75) is 13.8 Å². The molecule has 0 aliphatic heterocycles. The Morgan fingerprint density at radius 1 is 0.395 bits per heavy atom. The van der Waals surface area contributed by atoms with Gasteiger partial charge in [0.2, 0.25) is 0 Å². The minimum atomic E-state index is 0.288. The third-order valence-corrected chi connectivity index (χ3v) is 6.64. The average molecular weight is 568 g/mol. The van der Waals surface area contributed by atoms with Crippen molar-refractivity contribution < 1.29 is 18.9 Å².